The third-order valence-electron chi connectivity index (χ3n) is 4.25. The predicted octanol–water partition coefficient (Wildman–Crippen LogP) is 3.21. The Bertz CT molecular complexity index is 369. The molecule has 106 valence electrons. The van der Waals surface area contributed by atoms with Crippen LogP contribution in [0.4, 0.5) is 0 Å². The van der Waals surface area contributed by atoms with Gasteiger partial charge < -0.3 is 10.2 Å². The summed E-state index contributed by atoms with van der Waals surface area (Å²) in [5.41, 5.74) is 2.87. The molecule has 1 heterocycles. The summed E-state index contributed by atoms with van der Waals surface area (Å²) in [4.78, 5) is 2.46. The molecule has 0 amide bonds. The van der Waals surface area contributed by atoms with Gasteiger partial charge in [0.15, 0.2) is 0 Å². The largest absolute Gasteiger partial charge is 0.316 e. The van der Waals surface area contributed by atoms with Gasteiger partial charge >= 0.3 is 0 Å². The molecule has 1 fully saturated rings. The molecule has 0 saturated carbocycles. The Labute approximate surface area is 118 Å². The van der Waals surface area contributed by atoms with Crippen LogP contribution in [0.15, 0.2) is 24.3 Å². The van der Waals surface area contributed by atoms with Gasteiger partial charge in [0, 0.05) is 6.54 Å². The van der Waals surface area contributed by atoms with Crippen molar-refractivity contribution < 1.29 is 0 Å². The number of aryl methyl sites for hydroxylation is 1. The Kier molecular flexibility index (Phi) is 5.87. The van der Waals surface area contributed by atoms with Crippen LogP contribution in [0.3, 0.4) is 0 Å². The molecule has 0 aromatic heterocycles. The van der Waals surface area contributed by atoms with Crippen LogP contribution in [-0.4, -0.2) is 31.6 Å². The maximum absolute atomic E-state index is 3.51. The zero-order chi connectivity index (χ0) is 13.5. The standard InChI is InChI=1S/C17H28N2/c1-15-7-3-4-10-17(15)14-19(2)12-6-9-16-8-5-11-18-13-16/h3-4,7,10,16,18H,5-6,8-9,11-14H2,1-2H3. The zero-order valence-electron chi connectivity index (χ0n) is 12.5. The minimum absolute atomic E-state index is 0.917. The van der Waals surface area contributed by atoms with E-state index in [2.05, 4.69) is 48.5 Å². The Morgan fingerprint density at radius 2 is 2.16 bits per heavy atom. The van der Waals surface area contributed by atoms with Crippen molar-refractivity contribution in [1.29, 1.82) is 0 Å². The van der Waals surface area contributed by atoms with Gasteiger partial charge in [0.2, 0.25) is 0 Å². The average Bonchev–Trinajstić information content (AvgIpc) is 2.43. The summed E-state index contributed by atoms with van der Waals surface area (Å²) in [6.45, 7) is 6.96. The van der Waals surface area contributed by atoms with Crippen LogP contribution in [-0.2, 0) is 6.54 Å². The van der Waals surface area contributed by atoms with Crippen molar-refractivity contribution in [2.24, 2.45) is 5.92 Å². The van der Waals surface area contributed by atoms with Crippen LogP contribution < -0.4 is 5.32 Å². The van der Waals surface area contributed by atoms with E-state index < -0.39 is 0 Å². The highest BCUT2D eigenvalue weighted by molar-refractivity contribution is 5.25. The molecule has 2 heteroatoms. The highest BCUT2D eigenvalue weighted by atomic mass is 15.1. The monoisotopic (exact) mass is 260 g/mol. The van der Waals surface area contributed by atoms with E-state index in [-0.39, 0.29) is 0 Å². The molecule has 2 rings (SSSR count). The highest BCUT2D eigenvalue weighted by Gasteiger charge is 2.12. The van der Waals surface area contributed by atoms with E-state index in [1.807, 2.05) is 0 Å². The topological polar surface area (TPSA) is 15.3 Å². The molecule has 0 spiro atoms. The second kappa shape index (κ2) is 7.66. The van der Waals surface area contributed by atoms with Gasteiger partial charge in [-0.15, -0.1) is 0 Å². The lowest BCUT2D eigenvalue weighted by atomic mass is 9.94. The second-order valence-corrected chi connectivity index (χ2v) is 6.02. The summed E-state index contributed by atoms with van der Waals surface area (Å²) < 4.78 is 0. The quantitative estimate of drug-likeness (QED) is 0.845. The van der Waals surface area contributed by atoms with E-state index in [0.717, 1.165) is 12.5 Å². The van der Waals surface area contributed by atoms with Crippen LogP contribution in [0.5, 0.6) is 0 Å². The van der Waals surface area contributed by atoms with Crippen molar-refractivity contribution in [3.63, 3.8) is 0 Å². The molecule has 1 aliphatic heterocycles. The van der Waals surface area contributed by atoms with E-state index >= 15 is 0 Å². The Morgan fingerprint density at radius 1 is 1.32 bits per heavy atom. The minimum atomic E-state index is 0.917. The fourth-order valence-corrected chi connectivity index (χ4v) is 2.98. The van der Waals surface area contributed by atoms with Gasteiger partial charge in [-0.25, -0.2) is 0 Å². The molecule has 1 atom stereocenters. The molecule has 0 aliphatic carbocycles. The first kappa shape index (κ1) is 14.5. The van der Waals surface area contributed by atoms with Crippen molar-refractivity contribution in [2.75, 3.05) is 26.7 Å². The van der Waals surface area contributed by atoms with E-state index in [9.17, 15) is 0 Å². The Hall–Kier alpha value is -0.860. The molecule has 1 aromatic carbocycles. The normalized spacial score (nSPS) is 19.8. The molecule has 1 saturated heterocycles. The SMILES string of the molecule is Cc1ccccc1CN(C)CCCC1CCCNC1. The van der Waals surface area contributed by atoms with Crippen LogP contribution in [0.25, 0.3) is 0 Å². The summed E-state index contributed by atoms with van der Waals surface area (Å²) in [7, 11) is 2.24. The Balaban J connectivity index is 1.67. The summed E-state index contributed by atoms with van der Waals surface area (Å²) >= 11 is 0. The van der Waals surface area contributed by atoms with Gasteiger partial charge in [-0.05, 0) is 76.3 Å². The van der Waals surface area contributed by atoms with Crippen LogP contribution in [0.1, 0.15) is 36.8 Å². The van der Waals surface area contributed by atoms with Crippen LogP contribution in [0, 0.1) is 12.8 Å². The van der Waals surface area contributed by atoms with Crippen molar-refractivity contribution >= 4 is 0 Å². The van der Waals surface area contributed by atoms with Gasteiger partial charge in [-0.2, -0.15) is 0 Å². The maximum atomic E-state index is 3.51. The second-order valence-electron chi connectivity index (χ2n) is 6.02. The molecule has 1 aliphatic rings. The number of nitrogens with zero attached hydrogens (tertiary/aromatic N) is 1. The van der Waals surface area contributed by atoms with Gasteiger partial charge in [-0.1, -0.05) is 24.3 Å². The Morgan fingerprint density at radius 3 is 2.89 bits per heavy atom. The summed E-state index contributed by atoms with van der Waals surface area (Å²) in [6.07, 6.45) is 5.50. The first-order chi connectivity index (χ1) is 9.25. The smallest absolute Gasteiger partial charge is 0.0233 e. The molecule has 0 radical (unpaired) electrons. The first-order valence-electron chi connectivity index (χ1n) is 7.69. The molecule has 19 heavy (non-hydrogen) atoms. The van der Waals surface area contributed by atoms with Gasteiger partial charge in [-0.3, -0.25) is 0 Å². The molecule has 2 nitrogen and oxygen atoms in total. The lowest BCUT2D eigenvalue weighted by molar-refractivity contribution is 0.287. The lowest BCUT2D eigenvalue weighted by Crippen LogP contribution is -2.30. The summed E-state index contributed by atoms with van der Waals surface area (Å²) in [5.74, 6) is 0.917. The first-order valence-corrected chi connectivity index (χ1v) is 7.69. The average molecular weight is 260 g/mol. The minimum Gasteiger partial charge on any atom is -0.316 e. The number of piperidine rings is 1. The lowest BCUT2D eigenvalue weighted by Gasteiger charge is -2.24. The highest BCUT2D eigenvalue weighted by Crippen LogP contribution is 2.16. The van der Waals surface area contributed by atoms with E-state index in [1.54, 1.807) is 0 Å². The number of rotatable bonds is 6. The van der Waals surface area contributed by atoms with Crippen molar-refractivity contribution in [3.05, 3.63) is 35.4 Å². The van der Waals surface area contributed by atoms with Gasteiger partial charge in [0.05, 0.1) is 0 Å². The molecular weight excluding hydrogens is 232 g/mol. The third kappa shape index (κ3) is 4.96. The van der Waals surface area contributed by atoms with Gasteiger partial charge in [0.25, 0.3) is 0 Å². The molecule has 1 aromatic rings. The molecule has 0 bridgehead atoms. The van der Waals surface area contributed by atoms with Crippen molar-refractivity contribution in [2.45, 2.75) is 39.2 Å². The maximum Gasteiger partial charge on any atom is 0.0233 e. The van der Waals surface area contributed by atoms with E-state index in [1.165, 1.54) is 56.4 Å². The third-order valence-corrected chi connectivity index (χ3v) is 4.25. The predicted molar refractivity (Wildman–Crippen MR) is 82.3 cm³/mol. The zero-order valence-corrected chi connectivity index (χ0v) is 12.5. The number of benzene rings is 1. The molecule has 1 unspecified atom stereocenters. The van der Waals surface area contributed by atoms with E-state index in [4.69, 9.17) is 0 Å². The fourth-order valence-electron chi connectivity index (χ4n) is 2.98. The van der Waals surface area contributed by atoms with Crippen molar-refractivity contribution in [1.82, 2.24) is 10.2 Å². The van der Waals surface area contributed by atoms with Crippen LogP contribution >= 0.6 is 0 Å². The van der Waals surface area contributed by atoms with Gasteiger partial charge in [0.1, 0.15) is 0 Å². The number of nitrogens with one attached hydrogen (secondary N) is 1. The molecule has 1 N–H and O–H groups in total. The van der Waals surface area contributed by atoms with E-state index in [0.29, 0.717) is 0 Å². The van der Waals surface area contributed by atoms with Crippen molar-refractivity contribution in [3.8, 4) is 0 Å². The number of hydrogen-bond acceptors (Lipinski definition) is 2. The number of hydrogen-bond donors (Lipinski definition) is 1. The van der Waals surface area contributed by atoms with Crippen LogP contribution in [0.2, 0.25) is 0 Å². The summed E-state index contributed by atoms with van der Waals surface area (Å²) in [6, 6.07) is 8.71. The molecular formula is C17H28N2. The summed E-state index contributed by atoms with van der Waals surface area (Å²) in [5, 5.41) is 3.51. The fraction of sp³-hybridized carbons (Fsp3) is 0.647.